The van der Waals surface area contributed by atoms with Crippen LogP contribution < -0.4 is 15.6 Å². The van der Waals surface area contributed by atoms with E-state index in [4.69, 9.17) is 10.6 Å². The Morgan fingerprint density at radius 3 is 2.32 bits per heavy atom. The van der Waals surface area contributed by atoms with Gasteiger partial charge in [-0.15, -0.1) is 0 Å². The predicted molar refractivity (Wildman–Crippen MR) is 92.0 cm³/mol. The molecule has 112 valence electrons. The van der Waals surface area contributed by atoms with Gasteiger partial charge < -0.3 is 9.75 Å². The van der Waals surface area contributed by atoms with E-state index in [9.17, 15) is 0 Å². The lowest BCUT2D eigenvalue weighted by molar-refractivity contribution is 0.415. The second kappa shape index (κ2) is 6.08. The Hall–Kier alpha value is -2.52. The van der Waals surface area contributed by atoms with E-state index in [1.165, 1.54) is 16.3 Å². The molecule has 0 aliphatic carbocycles. The fraction of sp³-hybridized carbons (Fsp3) is 0.158. The summed E-state index contributed by atoms with van der Waals surface area (Å²) in [7, 11) is 1.66. The lowest BCUT2D eigenvalue weighted by Gasteiger charge is -2.27. The number of fused-ring (bicyclic) bond motifs is 1. The zero-order valence-electron chi connectivity index (χ0n) is 12.9. The van der Waals surface area contributed by atoms with Crippen LogP contribution in [-0.2, 0) is 0 Å². The van der Waals surface area contributed by atoms with Gasteiger partial charge in [0, 0.05) is 0 Å². The van der Waals surface area contributed by atoms with Crippen LogP contribution >= 0.6 is 0 Å². The quantitative estimate of drug-likeness (QED) is 0.576. The molecule has 0 fully saturated rings. The summed E-state index contributed by atoms with van der Waals surface area (Å²) < 4.78 is 5.19. The van der Waals surface area contributed by atoms with E-state index in [0.717, 1.165) is 11.4 Å². The molecule has 0 radical (unpaired) electrons. The number of anilines is 1. The molecular weight excluding hydrogens is 272 g/mol. The smallest absolute Gasteiger partial charge is 0.119 e. The van der Waals surface area contributed by atoms with E-state index in [1.54, 1.807) is 12.1 Å². The second-order valence-corrected chi connectivity index (χ2v) is 5.35. The fourth-order valence-electron chi connectivity index (χ4n) is 2.74. The molecule has 22 heavy (non-hydrogen) atoms. The number of nitrogens with zero attached hydrogens (tertiary/aromatic N) is 1. The summed E-state index contributed by atoms with van der Waals surface area (Å²) in [6.07, 6.45) is 0. The first-order valence-corrected chi connectivity index (χ1v) is 7.36. The first kappa shape index (κ1) is 14.4. The van der Waals surface area contributed by atoms with Crippen LogP contribution in [0.3, 0.4) is 0 Å². The highest BCUT2D eigenvalue weighted by molar-refractivity contribution is 5.86. The Labute approximate surface area is 130 Å². The molecule has 3 rings (SSSR count). The van der Waals surface area contributed by atoms with Gasteiger partial charge in [0.1, 0.15) is 5.75 Å². The minimum absolute atomic E-state index is 0.0690. The summed E-state index contributed by atoms with van der Waals surface area (Å²) in [5.74, 6) is 7.17. The monoisotopic (exact) mass is 292 g/mol. The van der Waals surface area contributed by atoms with E-state index >= 15 is 0 Å². The molecule has 0 heterocycles. The van der Waals surface area contributed by atoms with Crippen LogP contribution in [0, 0.1) is 0 Å². The summed E-state index contributed by atoms with van der Waals surface area (Å²) >= 11 is 0. The average molecular weight is 292 g/mol. The molecule has 0 spiro atoms. The number of ether oxygens (including phenoxy) is 1. The normalized spacial score (nSPS) is 12.1. The van der Waals surface area contributed by atoms with Crippen molar-refractivity contribution in [2.75, 3.05) is 12.1 Å². The lowest BCUT2D eigenvalue weighted by atomic mass is 9.99. The molecule has 3 heteroatoms. The molecule has 3 aromatic rings. The number of rotatable bonds is 4. The van der Waals surface area contributed by atoms with Crippen LogP contribution in [0.2, 0.25) is 0 Å². The van der Waals surface area contributed by atoms with Gasteiger partial charge in [-0.2, -0.15) is 0 Å². The zero-order chi connectivity index (χ0) is 15.5. The number of nitrogens with two attached hydrogens (primary N) is 1. The number of hydrogen-bond donors (Lipinski definition) is 1. The van der Waals surface area contributed by atoms with Crippen molar-refractivity contribution in [3.8, 4) is 5.75 Å². The van der Waals surface area contributed by atoms with Crippen molar-refractivity contribution in [2.24, 2.45) is 5.84 Å². The molecule has 3 aromatic carbocycles. The van der Waals surface area contributed by atoms with Gasteiger partial charge in [-0.25, -0.2) is 5.84 Å². The van der Waals surface area contributed by atoms with Crippen LogP contribution in [0.15, 0.2) is 66.7 Å². The first-order chi connectivity index (χ1) is 10.7. The second-order valence-electron chi connectivity index (χ2n) is 5.35. The van der Waals surface area contributed by atoms with E-state index in [-0.39, 0.29) is 6.04 Å². The summed E-state index contributed by atoms with van der Waals surface area (Å²) in [4.78, 5) is 0. The third kappa shape index (κ3) is 2.63. The maximum Gasteiger partial charge on any atom is 0.119 e. The molecule has 0 aromatic heterocycles. The Morgan fingerprint density at radius 1 is 0.909 bits per heavy atom. The topological polar surface area (TPSA) is 38.5 Å². The van der Waals surface area contributed by atoms with Crippen LogP contribution in [0.25, 0.3) is 10.8 Å². The number of methoxy groups -OCH3 is 1. The van der Waals surface area contributed by atoms with Gasteiger partial charge in [-0.1, -0.05) is 42.5 Å². The largest absolute Gasteiger partial charge is 0.497 e. The van der Waals surface area contributed by atoms with Gasteiger partial charge >= 0.3 is 0 Å². The summed E-state index contributed by atoms with van der Waals surface area (Å²) in [5.41, 5.74) is 2.18. The SMILES string of the molecule is COc1ccc(N(N)C(C)c2cccc3ccccc23)cc1. The van der Waals surface area contributed by atoms with Gasteiger partial charge in [0.2, 0.25) is 0 Å². The van der Waals surface area contributed by atoms with Gasteiger partial charge in [-0.05, 0) is 47.5 Å². The van der Waals surface area contributed by atoms with Crippen molar-refractivity contribution in [3.05, 3.63) is 72.3 Å². The number of hydrogen-bond acceptors (Lipinski definition) is 3. The highest BCUT2D eigenvalue weighted by Crippen LogP contribution is 2.30. The Bertz CT molecular complexity index is 762. The summed E-state index contributed by atoms with van der Waals surface area (Å²) in [5, 5.41) is 4.26. The van der Waals surface area contributed by atoms with E-state index < -0.39 is 0 Å². The van der Waals surface area contributed by atoms with Crippen molar-refractivity contribution in [1.29, 1.82) is 0 Å². The third-order valence-corrected chi connectivity index (χ3v) is 4.06. The molecule has 0 saturated heterocycles. The third-order valence-electron chi connectivity index (χ3n) is 4.06. The summed E-state index contributed by atoms with van der Waals surface area (Å²) in [6, 6.07) is 22.6. The maximum atomic E-state index is 6.35. The van der Waals surface area contributed by atoms with Crippen LogP contribution in [0.1, 0.15) is 18.5 Å². The lowest BCUT2D eigenvalue weighted by Crippen LogP contribution is -2.33. The van der Waals surface area contributed by atoms with Gasteiger partial charge in [0.25, 0.3) is 0 Å². The standard InChI is InChI=1S/C19H20N2O/c1-14(21(20)16-10-12-17(22-2)13-11-16)18-9-5-7-15-6-3-4-8-19(15)18/h3-14H,20H2,1-2H3. The Balaban J connectivity index is 1.95. The molecule has 0 saturated carbocycles. The van der Waals surface area contributed by atoms with Crippen molar-refractivity contribution >= 4 is 16.5 Å². The first-order valence-electron chi connectivity index (χ1n) is 7.36. The number of hydrazine groups is 1. The fourth-order valence-corrected chi connectivity index (χ4v) is 2.74. The van der Waals surface area contributed by atoms with Crippen molar-refractivity contribution < 1.29 is 4.74 Å². The molecule has 0 aliphatic heterocycles. The van der Waals surface area contributed by atoms with Gasteiger partial charge in [-0.3, -0.25) is 0 Å². The molecule has 1 atom stereocenters. The molecule has 0 amide bonds. The highest BCUT2D eigenvalue weighted by Gasteiger charge is 2.15. The molecule has 1 unspecified atom stereocenters. The predicted octanol–water partition coefficient (Wildman–Crippen LogP) is 4.29. The molecular formula is C19H20N2O. The van der Waals surface area contributed by atoms with E-state index in [1.807, 2.05) is 24.3 Å². The minimum atomic E-state index is 0.0690. The van der Waals surface area contributed by atoms with Gasteiger partial charge in [0.05, 0.1) is 18.8 Å². The number of benzene rings is 3. The molecule has 2 N–H and O–H groups in total. The maximum absolute atomic E-state index is 6.35. The van der Waals surface area contributed by atoms with Crippen molar-refractivity contribution in [2.45, 2.75) is 13.0 Å². The minimum Gasteiger partial charge on any atom is -0.497 e. The molecule has 3 nitrogen and oxygen atoms in total. The highest BCUT2D eigenvalue weighted by atomic mass is 16.5. The van der Waals surface area contributed by atoms with Crippen molar-refractivity contribution in [1.82, 2.24) is 0 Å². The van der Waals surface area contributed by atoms with Crippen LogP contribution in [-0.4, -0.2) is 7.11 Å². The Morgan fingerprint density at radius 2 is 1.59 bits per heavy atom. The average Bonchev–Trinajstić information content (AvgIpc) is 2.60. The van der Waals surface area contributed by atoms with Crippen molar-refractivity contribution in [3.63, 3.8) is 0 Å². The van der Waals surface area contributed by atoms with Gasteiger partial charge in [0.15, 0.2) is 0 Å². The van der Waals surface area contributed by atoms with E-state index in [0.29, 0.717) is 0 Å². The molecule has 0 bridgehead atoms. The zero-order valence-corrected chi connectivity index (χ0v) is 12.9. The molecule has 0 aliphatic rings. The van der Waals surface area contributed by atoms with E-state index in [2.05, 4.69) is 49.4 Å². The van der Waals surface area contributed by atoms with Crippen LogP contribution in [0.5, 0.6) is 5.75 Å². The Kier molecular flexibility index (Phi) is 3.98. The summed E-state index contributed by atoms with van der Waals surface area (Å²) in [6.45, 7) is 2.12. The van der Waals surface area contributed by atoms with Crippen LogP contribution in [0.4, 0.5) is 5.69 Å².